The van der Waals surface area contributed by atoms with Gasteiger partial charge in [-0.05, 0) is 30.2 Å². The van der Waals surface area contributed by atoms with Crippen molar-refractivity contribution in [2.24, 2.45) is 11.7 Å². The van der Waals surface area contributed by atoms with E-state index in [0.29, 0.717) is 18.0 Å². The normalized spacial score (nSPS) is 11.4. The molecule has 0 unspecified atom stereocenters. The van der Waals surface area contributed by atoms with Crippen LogP contribution in [0, 0.1) is 11.7 Å². The second-order valence-electron chi connectivity index (χ2n) is 5.35. The Balaban J connectivity index is 1.87. The number of hydrogen-bond donors (Lipinski definition) is 3. The first-order valence-corrected chi connectivity index (χ1v) is 7.56. The number of halogens is 1. The average molecular weight is 346 g/mol. The summed E-state index contributed by atoms with van der Waals surface area (Å²) in [6, 6.07) is 8.53. The van der Waals surface area contributed by atoms with Gasteiger partial charge in [0.1, 0.15) is 5.82 Å². The Morgan fingerprint density at radius 2 is 1.96 bits per heavy atom. The van der Waals surface area contributed by atoms with Gasteiger partial charge in [0, 0.05) is 12.6 Å². The van der Waals surface area contributed by atoms with Crippen LogP contribution in [0.4, 0.5) is 14.9 Å². The lowest BCUT2D eigenvalue weighted by atomic mass is 9.98. The van der Waals surface area contributed by atoms with E-state index in [1.165, 1.54) is 25.4 Å². The lowest BCUT2D eigenvalue weighted by Gasteiger charge is -2.15. The van der Waals surface area contributed by atoms with Crippen LogP contribution in [0.25, 0.3) is 0 Å². The predicted octanol–water partition coefficient (Wildman–Crippen LogP) is 1.69. The van der Waals surface area contributed by atoms with Crippen LogP contribution in [-0.2, 0) is 11.2 Å². The number of rotatable bonds is 7. The zero-order chi connectivity index (χ0) is 18.2. The van der Waals surface area contributed by atoms with Gasteiger partial charge in [0.25, 0.3) is 0 Å². The number of anilines is 1. The van der Waals surface area contributed by atoms with Crippen LogP contribution in [0.3, 0.4) is 0 Å². The summed E-state index contributed by atoms with van der Waals surface area (Å²) in [5.41, 5.74) is 6.61. The van der Waals surface area contributed by atoms with Gasteiger partial charge in [-0.2, -0.15) is 0 Å². The van der Waals surface area contributed by atoms with E-state index >= 15 is 0 Å². The Bertz CT molecular complexity index is 720. The molecule has 132 valence electrons. The van der Waals surface area contributed by atoms with Crippen LogP contribution in [0.5, 0.6) is 5.88 Å². The predicted molar refractivity (Wildman–Crippen MR) is 90.6 cm³/mol. The van der Waals surface area contributed by atoms with Crippen molar-refractivity contribution in [3.05, 3.63) is 54.0 Å². The molecule has 0 saturated carbocycles. The fourth-order valence-corrected chi connectivity index (χ4v) is 2.14. The van der Waals surface area contributed by atoms with Gasteiger partial charge in [-0.1, -0.05) is 12.1 Å². The minimum absolute atomic E-state index is 0.0577. The van der Waals surface area contributed by atoms with Crippen LogP contribution >= 0.6 is 0 Å². The van der Waals surface area contributed by atoms with Crippen molar-refractivity contribution in [3.63, 3.8) is 0 Å². The maximum absolute atomic E-state index is 12.9. The zero-order valence-electron chi connectivity index (χ0n) is 13.7. The minimum atomic E-state index is -0.606. The first-order chi connectivity index (χ1) is 12.0. The molecule has 1 aromatic carbocycles. The summed E-state index contributed by atoms with van der Waals surface area (Å²) in [5.74, 6) is -1.08. The standard InChI is InChI=1S/C17H19FN4O3/c1-25-15-7-6-14(10-20-15)22-17(24)21-9-12(16(19)23)8-11-2-4-13(18)5-3-11/h2-7,10,12H,8-9H2,1H3,(H2,19,23)(H2,21,22,24)/t12-/m0/s1. The molecule has 2 rings (SSSR count). The number of hydrogen-bond acceptors (Lipinski definition) is 4. The Morgan fingerprint density at radius 3 is 2.52 bits per heavy atom. The average Bonchev–Trinajstić information content (AvgIpc) is 2.60. The van der Waals surface area contributed by atoms with Gasteiger partial charge in [0.05, 0.1) is 24.9 Å². The fourth-order valence-electron chi connectivity index (χ4n) is 2.14. The highest BCUT2D eigenvalue weighted by Gasteiger charge is 2.17. The Morgan fingerprint density at radius 1 is 1.24 bits per heavy atom. The first-order valence-electron chi connectivity index (χ1n) is 7.56. The monoisotopic (exact) mass is 346 g/mol. The van der Waals surface area contributed by atoms with E-state index in [0.717, 1.165) is 5.56 Å². The van der Waals surface area contributed by atoms with Gasteiger partial charge >= 0.3 is 6.03 Å². The molecule has 0 fully saturated rings. The number of amides is 3. The van der Waals surface area contributed by atoms with Crippen molar-refractivity contribution in [3.8, 4) is 5.88 Å². The van der Waals surface area contributed by atoms with Gasteiger partial charge in [-0.15, -0.1) is 0 Å². The Hall–Kier alpha value is -3.16. The molecule has 8 heteroatoms. The quantitative estimate of drug-likeness (QED) is 0.709. The summed E-state index contributed by atoms with van der Waals surface area (Å²) in [7, 11) is 1.49. The van der Waals surface area contributed by atoms with Gasteiger partial charge < -0.3 is 21.1 Å². The molecule has 1 aromatic heterocycles. The number of methoxy groups -OCH3 is 1. The van der Waals surface area contributed by atoms with Crippen molar-refractivity contribution in [1.82, 2.24) is 10.3 Å². The minimum Gasteiger partial charge on any atom is -0.481 e. The second-order valence-corrected chi connectivity index (χ2v) is 5.35. The molecule has 1 atom stereocenters. The summed E-state index contributed by atoms with van der Waals surface area (Å²) >= 11 is 0. The number of benzene rings is 1. The summed E-state index contributed by atoms with van der Waals surface area (Å²) in [5, 5.41) is 5.18. The van der Waals surface area contributed by atoms with E-state index in [-0.39, 0.29) is 12.4 Å². The largest absolute Gasteiger partial charge is 0.481 e. The number of ether oxygens (including phenoxy) is 1. The van der Waals surface area contributed by atoms with Crippen molar-refractivity contribution in [2.45, 2.75) is 6.42 Å². The smallest absolute Gasteiger partial charge is 0.319 e. The molecule has 1 heterocycles. The number of urea groups is 1. The molecule has 2 aromatic rings. The molecule has 25 heavy (non-hydrogen) atoms. The van der Waals surface area contributed by atoms with E-state index in [2.05, 4.69) is 15.6 Å². The molecule has 0 bridgehead atoms. The third kappa shape index (κ3) is 5.76. The van der Waals surface area contributed by atoms with E-state index in [1.54, 1.807) is 24.3 Å². The topological polar surface area (TPSA) is 106 Å². The van der Waals surface area contributed by atoms with Gasteiger partial charge in [-0.25, -0.2) is 14.2 Å². The highest BCUT2D eigenvalue weighted by Crippen LogP contribution is 2.12. The molecular formula is C17H19FN4O3. The molecule has 0 aliphatic heterocycles. The van der Waals surface area contributed by atoms with Crippen LogP contribution < -0.4 is 21.1 Å². The molecule has 0 spiro atoms. The van der Waals surface area contributed by atoms with E-state index in [1.807, 2.05) is 0 Å². The fraction of sp³-hybridized carbons (Fsp3) is 0.235. The van der Waals surface area contributed by atoms with Crippen molar-refractivity contribution in [1.29, 1.82) is 0 Å². The van der Waals surface area contributed by atoms with Gasteiger partial charge in [-0.3, -0.25) is 4.79 Å². The number of pyridine rings is 1. The van der Waals surface area contributed by atoms with Crippen molar-refractivity contribution in [2.75, 3.05) is 19.0 Å². The van der Waals surface area contributed by atoms with E-state index in [9.17, 15) is 14.0 Å². The third-order valence-electron chi connectivity index (χ3n) is 3.51. The Kier molecular flexibility index (Phi) is 6.27. The molecule has 0 radical (unpaired) electrons. The van der Waals surface area contributed by atoms with Gasteiger partial charge in [0.2, 0.25) is 11.8 Å². The summed E-state index contributed by atoms with van der Waals surface area (Å²) in [6.07, 6.45) is 1.75. The number of nitrogens with one attached hydrogen (secondary N) is 2. The van der Waals surface area contributed by atoms with Crippen molar-refractivity contribution >= 4 is 17.6 Å². The zero-order valence-corrected chi connectivity index (χ0v) is 13.7. The van der Waals surface area contributed by atoms with Crippen LogP contribution in [0.15, 0.2) is 42.6 Å². The number of carbonyl (C=O) groups excluding carboxylic acids is 2. The lowest BCUT2D eigenvalue weighted by Crippen LogP contribution is -2.39. The Labute approximate surface area is 144 Å². The number of aromatic nitrogens is 1. The SMILES string of the molecule is COc1ccc(NC(=O)NC[C@H](Cc2ccc(F)cc2)C(N)=O)cn1. The molecule has 7 nitrogen and oxygen atoms in total. The van der Waals surface area contributed by atoms with Gasteiger partial charge in [0.15, 0.2) is 0 Å². The molecule has 0 aliphatic carbocycles. The molecular weight excluding hydrogens is 327 g/mol. The highest BCUT2D eigenvalue weighted by atomic mass is 19.1. The van der Waals surface area contributed by atoms with Crippen LogP contribution in [-0.4, -0.2) is 30.6 Å². The number of carbonyl (C=O) groups is 2. The van der Waals surface area contributed by atoms with E-state index < -0.39 is 17.9 Å². The summed E-state index contributed by atoms with van der Waals surface area (Å²) in [6.45, 7) is 0.0577. The maximum atomic E-state index is 12.9. The lowest BCUT2D eigenvalue weighted by molar-refractivity contribution is -0.121. The molecule has 4 N–H and O–H groups in total. The second kappa shape index (κ2) is 8.62. The van der Waals surface area contributed by atoms with Crippen LogP contribution in [0.1, 0.15) is 5.56 Å². The maximum Gasteiger partial charge on any atom is 0.319 e. The third-order valence-corrected chi connectivity index (χ3v) is 3.51. The number of nitrogens with zero attached hydrogens (tertiary/aromatic N) is 1. The molecule has 0 aliphatic rings. The van der Waals surface area contributed by atoms with E-state index in [4.69, 9.17) is 10.5 Å². The number of nitrogens with two attached hydrogens (primary N) is 1. The summed E-state index contributed by atoms with van der Waals surface area (Å²) in [4.78, 5) is 27.4. The number of primary amides is 1. The van der Waals surface area contributed by atoms with Crippen molar-refractivity contribution < 1.29 is 18.7 Å². The van der Waals surface area contributed by atoms with Crippen LogP contribution in [0.2, 0.25) is 0 Å². The molecule has 0 saturated heterocycles. The summed E-state index contributed by atoms with van der Waals surface area (Å²) < 4.78 is 17.9. The first kappa shape index (κ1) is 18.2. The highest BCUT2D eigenvalue weighted by molar-refractivity contribution is 5.89. The molecule has 3 amide bonds.